The molecule has 0 aliphatic rings. The average Bonchev–Trinajstić information content (AvgIpc) is 2.98. The second kappa shape index (κ2) is 4.52. The van der Waals surface area contributed by atoms with Crippen LogP contribution in [0, 0.1) is 0 Å². The first-order valence-corrected chi connectivity index (χ1v) is 5.77. The van der Waals surface area contributed by atoms with Gasteiger partial charge in [0, 0.05) is 20.0 Å². The van der Waals surface area contributed by atoms with Crippen LogP contribution in [0.15, 0.2) is 12.7 Å². The molecule has 0 amide bonds. The first-order valence-electron chi connectivity index (χ1n) is 5.77. The highest BCUT2D eigenvalue weighted by atomic mass is 15.3. The van der Waals surface area contributed by atoms with Crippen LogP contribution in [-0.2, 0) is 13.5 Å². The molecule has 0 bridgehead atoms. The SMILES string of the molecule is Cn1ncnc1CCNc1nc(N)nc2nc[nH]c12. The van der Waals surface area contributed by atoms with E-state index in [1.54, 1.807) is 11.0 Å². The number of hydrogen-bond acceptors (Lipinski definition) is 7. The fourth-order valence-electron chi connectivity index (χ4n) is 1.82. The number of hydrogen-bond donors (Lipinski definition) is 3. The van der Waals surface area contributed by atoms with E-state index >= 15 is 0 Å². The Morgan fingerprint density at radius 2 is 2.26 bits per heavy atom. The number of fused-ring (bicyclic) bond motifs is 1. The molecule has 0 fully saturated rings. The number of nitrogens with zero attached hydrogens (tertiary/aromatic N) is 6. The molecule has 3 aromatic heterocycles. The molecule has 3 aromatic rings. The maximum atomic E-state index is 5.63. The minimum Gasteiger partial charge on any atom is -0.368 e. The van der Waals surface area contributed by atoms with Crippen LogP contribution in [0.1, 0.15) is 5.82 Å². The van der Waals surface area contributed by atoms with Gasteiger partial charge in [-0.15, -0.1) is 0 Å². The third-order valence-electron chi connectivity index (χ3n) is 2.75. The molecule has 0 aliphatic heterocycles. The number of aromatic amines is 1. The molecule has 0 aliphatic carbocycles. The summed E-state index contributed by atoms with van der Waals surface area (Å²) in [6.07, 6.45) is 3.83. The average molecular weight is 259 g/mol. The Morgan fingerprint density at radius 1 is 1.37 bits per heavy atom. The van der Waals surface area contributed by atoms with Gasteiger partial charge in [0.2, 0.25) is 5.95 Å². The summed E-state index contributed by atoms with van der Waals surface area (Å²) in [7, 11) is 1.86. The molecule has 3 heterocycles. The first-order chi connectivity index (χ1) is 9.24. The molecule has 0 saturated heterocycles. The summed E-state index contributed by atoms with van der Waals surface area (Å²) in [5, 5.41) is 7.21. The molecule has 0 unspecified atom stereocenters. The molecular weight excluding hydrogens is 246 g/mol. The van der Waals surface area contributed by atoms with E-state index in [0.717, 1.165) is 17.8 Å². The van der Waals surface area contributed by atoms with Gasteiger partial charge >= 0.3 is 0 Å². The summed E-state index contributed by atoms with van der Waals surface area (Å²) in [6, 6.07) is 0. The van der Waals surface area contributed by atoms with Crippen LogP contribution in [0.5, 0.6) is 0 Å². The Bertz CT molecular complexity index is 698. The molecule has 0 radical (unpaired) electrons. The molecule has 9 heteroatoms. The summed E-state index contributed by atoms with van der Waals surface area (Å²) in [4.78, 5) is 19.4. The Kier molecular flexibility index (Phi) is 2.71. The lowest BCUT2D eigenvalue weighted by Gasteiger charge is -2.06. The summed E-state index contributed by atoms with van der Waals surface area (Å²) in [5.41, 5.74) is 6.92. The van der Waals surface area contributed by atoms with Crippen molar-refractivity contribution in [2.24, 2.45) is 7.05 Å². The van der Waals surface area contributed by atoms with E-state index < -0.39 is 0 Å². The Balaban J connectivity index is 1.75. The molecule has 19 heavy (non-hydrogen) atoms. The van der Waals surface area contributed by atoms with Crippen molar-refractivity contribution in [3.05, 3.63) is 18.5 Å². The smallest absolute Gasteiger partial charge is 0.224 e. The van der Waals surface area contributed by atoms with Crippen molar-refractivity contribution in [3.63, 3.8) is 0 Å². The summed E-state index contributed by atoms with van der Waals surface area (Å²) < 4.78 is 1.74. The quantitative estimate of drug-likeness (QED) is 0.588. The molecule has 0 atom stereocenters. The Labute approximate surface area is 108 Å². The predicted molar refractivity (Wildman–Crippen MR) is 69.3 cm³/mol. The van der Waals surface area contributed by atoms with E-state index in [1.165, 1.54) is 6.33 Å². The van der Waals surface area contributed by atoms with Gasteiger partial charge in [0.15, 0.2) is 11.5 Å². The van der Waals surface area contributed by atoms with Crippen LogP contribution in [0.25, 0.3) is 11.2 Å². The topological polar surface area (TPSA) is 123 Å². The van der Waals surface area contributed by atoms with E-state index in [0.29, 0.717) is 18.0 Å². The second-order valence-electron chi connectivity index (χ2n) is 4.01. The molecule has 9 nitrogen and oxygen atoms in total. The van der Waals surface area contributed by atoms with Crippen molar-refractivity contribution in [3.8, 4) is 0 Å². The molecule has 3 rings (SSSR count). The number of nitrogen functional groups attached to an aromatic ring is 1. The standard InChI is InChI=1S/C10H13N9/c1-19-6(13-5-16-19)2-3-12-8-7-9(15-4-14-7)18-10(11)17-8/h4-5H,2-3H2,1H3,(H4,11,12,14,15,17,18). The number of imidazole rings is 1. The number of anilines is 2. The minimum atomic E-state index is 0.195. The lowest BCUT2D eigenvalue weighted by molar-refractivity contribution is 0.701. The Morgan fingerprint density at radius 3 is 3.05 bits per heavy atom. The van der Waals surface area contributed by atoms with Crippen molar-refractivity contribution in [2.45, 2.75) is 6.42 Å². The number of rotatable bonds is 4. The largest absolute Gasteiger partial charge is 0.368 e. The van der Waals surface area contributed by atoms with E-state index in [4.69, 9.17) is 5.73 Å². The predicted octanol–water partition coefficient (Wildman–Crippen LogP) is -0.282. The number of nitrogens with one attached hydrogen (secondary N) is 2. The van der Waals surface area contributed by atoms with Gasteiger partial charge in [0.25, 0.3) is 0 Å². The van der Waals surface area contributed by atoms with Gasteiger partial charge in [0.05, 0.1) is 6.33 Å². The fourth-order valence-corrected chi connectivity index (χ4v) is 1.82. The van der Waals surface area contributed by atoms with Gasteiger partial charge in [-0.1, -0.05) is 0 Å². The molecule has 98 valence electrons. The van der Waals surface area contributed by atoms with Crippen molar-refractivity contribution in [1.82, 2.24) is 34.7 Å². The van der Waals surface area contributed by atoms with Crippen molar-refractivity contribution in [1.29, 1.82) is 0 Å². The zero-order chi connectivity index (χ0) is 13.2. The summed E-state index contributed by atoms with van der Waals surface area (Å²) in [6.45, 7) is 0.664. The van der Waals surface area contributed by atoms with Crippen molar-refractivity contribution >= 4 is 22.9 Å². The van der Waals surface area contributed by atoms with Gasteiger partial charge in [-0.3, -0.25) is 4.68 Å². The van der Waals surface area contributed by atoms with Crippen LogP contribution in [0.3, 0.4) is 0 Å². The monoisotopic (exact) mass is 259 g/mol. The molecule has 0 aromatic carbocycles. The molecule has 0 saturated carbocycles. The normalized spacial score (nSPS) is 11.0. The third kappa shape index (κ3) is 2.17. The van der Waals surface area contributed by atoms with Gasteiger partial charge in [-0.25, -0.2) is 9.97 Å². The zero-order valence-corrected chi connectivity index (χ0v) is 10.3. The van der Waals surface area contributed by atoms with E-state index in [2.05, 4.69) is 35.3 Å². The van der Waals surface area contributed by atoms with E-state index in [1.807, 2.05) is 7.05 Å². The maximum Gasteiger partial charge on any atom is 0.224 e. The lowest BCUT2D eigenvalue weighted by atomic mass is 10.4. The third-order valence-corrected chi connectivity index (χ3v) is 2.75. The van der Waals surface area contributed by atoms with Crippen molar-refractivity contribution < 1.29 is 0 Å². The van der Waals surface area contributed by atoms with Crippen LogP contribution >= 0.6 is 0 Å². The molecular formula is C10H13N9. The fraction of sp³-hybridized carbons (Fsp3) is 0.300. The van der Waals surface area contributed by atoms with Crippen LogP contribution in [0.2, 0.25) is 0 Å². The van der Waals surface area contributed by atoms with Crippen LogP contribution < -0.4 is 11.1 Å². The summed E-state index contributed by atoms with van der Waals surface area (Å²) in [5.74, 6) is 1.73. The number of nitrogens with two attached hydrogens (primary N) is 1. The minimum absolute atomic E-state index is 0.195. The van der Waals surface area contributed by atoms with E-state index in [-0.39, 0.29) is 5.95 Å². The van der Waals surface area contributed by atoms with Gasteiger partial charge in [0.1, 0.15) is 17.7 Å². The van der Waals surface area contributed by atoms with E-state index in [9.17, 15) is 0 Å². The van der Waals surface area contributed by atoms with Gasteiger partial charge in [-0.05, 0) is 0 Å². The van der Waals surface area contributed by atoms with Gasteiger partial charge in [-0.2, -0.15) is 15.1 Å². The number of aryl methyl sites for hydroxylation is 1. The van der Waals surface area contributed by atoms with Crippen molar-refractivity contribution in [2.75, 3.05) is 17.6 Å². The second-order valence-corrected chi connectivity index (χ2v) is 4.01. The number of aromatic nitrogens is 7. The lowest BCUT2D eigenvalue weighted by Crippen LogP contribution is -2.11. The van der Waals surface area contributed by atoms with Crippen LogP contribution in [0.4, 0.5) is 11.8 Å². The molecule has 0 spiro atoms. The highest BCUT2D eigenvalue weighted by Gasteiger charge is 2.08. The molecule has 4 N–H and O–H groups in total. The van der Waals surface area contributed by atoms with Crippen LogP contribution in [-0.4, -0.2) is 41.2 Å². The highest BCUT2D eigenvalue weighted by Crippen LogP contribution is 2.16. The summed E-state index contributed by atoms with van der Waals surface area (Å²) >= 11 is 0. The maximum absolute atomic E-state index is 5.63. The highest BCUT2D eigenvalue weighted by molar-refractivity contribution is 5.83. The number of H-pyrrole nitrogens is 1. The van der Waals surface area contributed by atoms with Gasteiger partial charge < -0.3 is 16.0 Å². The first kappa shape index (κ1) is 11.4. The zero-order valence-electron chi connectivity index (χ0n) is 10.3. The Hall–Kier alpha value is -2.71.